The maximum absolute atomic E-state index is 9.51. The van der Waals surface area contributed by atoms with Gasteiger partial charge in [0.15, 0.2) is 4.30 Å². The van der Waals surface area contributed by atoms with Crippen molar-refractivity contribution in [3.8, 4) is 0 Å². The smallest absolute Gasteiger partial charge is 0.397 e. The molecule has 11 nitrogen and oxygen atoms in total. The van der Waals surface area contributed by atoms with E-state index in [9.17, 15) is 16.8 Å². The molecule has 124 valence electrons. The van der Waals surface area contributed by atoms with Crippen LogP contribution in [0.3, 0.4) is 0 Å². The Hall–Kier alpha value is 0.490. The summed E-state index contributed by atoms with van der Waals surface area (Å²) in [5, 5.41) is 7.57. The van der Waals surface area contributed by atoms with Crippen molar-refractivity contribution in [2.75, 3.05) is 6.61 Å². The van der Waals surface area contributed by atoms with Crippen LogP contribution in [-0.2, 0) is 29.5 Å². The van der Waals surface area contributed by atoms with Gasteiger partial charge in [-0.05, 0) is 6.92 Å². The third kappa shape index (κ3) is 89.6. The van der Waals surface area contributed by atoms with Crippen molar-refractivity contribution in [1.29, 1.82) is 0 Å². The summed E-state index contributed by atoms with van der Waals surface area (Å²) in [5.41, 5.74) is 0. The van der Waals surface area contributed by atoms with Crippen molar-refractivity contribution in [1.82, 2.24) is 12.3 Å². The monoisotopic (exact) mass is 392 g/mol. The van der Waals surface area contributed by atoms with Crippen LogP contribution in [0.1, 0.15) is 6.92 Å². The van der Waals surface area contributed by atoms with E-state index in [4.69, 9.17) is 49.0 Å². The number of halogens is 3. The number of alkyl halides is 3. The third-order valence-corrected chi connectivity index (χ3v) is 0.766. The van der Waals surface area contributed by atoms with Crippen LogP contribution in [0.25, 0.3) is 0 Å². The molecule has 0 aromatic carbocycles. The lowest BCUT2D eigenvalue weighted by Gasteiger charge is -1.92. The molecule has 0 spiro atoms. The van der Waals surface area contributed by atoms with E-state index in [-0.39, 0.29) is 18.9 Å². The molecular weight excluding hydrogens is 379 g/mol. The summed E-state index contributed by atoms with van der Waals surface area (Å²) >= 11 is 14.4. The van der Waals surface area contributed by atoms with Crippen molar-refractivity contribution in [3.63, 3.8) is 0 Å². The lowest BCUT2D eigenvalue weighted by atomic mass is 10.9. The number of hydrogen-bond donors (Lipinski definition) is 5. The molecule has 0 saturated heterocycles. The first-order chi connectivity index (χ1) is 7.35. The molecule has 0 unspecified atom stereocenters. The van der Waals surface area contributed by atoms with E-state index in [1.165, 1.54) is 0 Å². The van der Waals surface area contributed by atoms with E-state index in [1.54, 1.807) is 6.92 Å². The van der Waals surface area contributed by atoms with E-state index >= 15 is 0 Å². The van der Waals surface area contributed by atoms with Crippen molar-refractivity contribution in [2.45, 2.75) is 11.2 Å². The van der Waals surface area contributed by atoms with Gasteiger partial charge in [-0.25, -0.2) is 0 Å². The molecule has 16 heteroatoms. The molecule has 0 atom stereocenters. The molecule has 0 saturated carbocycles. The molecule has 0 aliphatic rings. The van der Waals surface area contributed by atoms with Gasteiger partial charge in [-0.3, -0.25) is 9.11 Å². The minimum absolute atomic E-state index is 0. The standard InChI is InChI=1S/C2H6O.CHCl3.2H3N.H2O8S2/c1-2-3;2-1(3)4;;;1-9(2,3)7-8-10(4,5)6/h3H,2H2,1H3;1H;2*1H3;(H,1,2,3)(H,4,5,6). The SMILES string of the molecule is CCO.ClC(Cl)Cl.N.N.O=S(=O)(O)OOS(=O)(=O)O. The fourth-order valence-electron chi connectivity index (χ4n) is 0.0702. The molecule has 0 bridgehead atoms. The Labute approximate surface area is 125 Å². The van der Waals surface area contributed by atoms with Crippen molar-refractivity contribution in [2.24, 2.45) is 0 Å². The summed E-state index contributed by atoms with van der Waals surface area (Å²) in [6.07, 6.45) is 0. The second-order valence-electron chi connectivity index (χ2n) is 1.56. The van der Waals surface area contributed by atoms with Gasteiger partial charge in [0.1, 0.15) is 0 Å². The van der Waals surface area contributed by atoms with Crippen LogP contribution in [0.15, 0.2) is 0 Å². The zero-order valence-corrected chi connectivity index (χ0v) is 13.3. The second kappa shape index (κ2) is 16.5. The fraction of sp³-hybridized carbons (Fsp3) is 1.00. The molecule has 0 heterocycles. The molecule has 0 fully saturated rings. The summed E-state index contributed by atoms with van der Waals surface area (Å²) in [6.45, 7) is 1.93. The van der Waals surface area contributed by atoms with Crippen LogP contribution in [0, 0.1) is 0 Å². The fourth-order valence-corrected chi connectivity index (χ4v) is 0.632. The Kier molecular flexibility index (Phi) is 27.6. The topological polar surface area (TPSA) is 217 Å². The predicted octanol–water partition coefficient (Wildman–Crippen LogP) is 0.849. The molecule has 0 radical (unpaired) electrons. The van der Waals surface area contributed by atoms with Gasteiger partial charge in [0.2, 0.25) is 0 Å². The molecule has 19 heavy (non-hydrogen) atoms. The number of aliphatic hydroxyl groups is 1. The van der Waals surface area contributed by atoms with Gasteiger partial charge in [0.05, 0.1) is 0 Å². The van der Waals surface area contributed by atoms with Crippen LogP contribution in [0.5, 0.6) is 0 Å². The Morgan fingerprint density at radius 1 is 0.947 bits per heavy atom. The average molecular weight is 394 g/mol. The Morgan fingerprint density at radius 2 is 1.05 bits per heavy atom. The highest BCUT2D eigenvalue weighted by atomic mass is 35.6. The van der Waals surface area contributed by atoms with E-state index in [1.807, 2.05) is 0 Å². The van der Waals surface area contributed by atoms with Gasteiger partial charge in [-0.2, -0.15) is 16.8 Å². The van der Waals surface area contributed by atoms with Crippen molar-refractivity contribution >= 4 is 55.6 Å². The average Bonchev–Trinajstić information content (AvgIpc) is 1.98. The molecule has 0 aliphatic heterocycles. The van der Waals surface area contributed by atoms with E-state index < -0.39 is 25.1 Å². The first kappa shape index (κ1) is 31.7. The number of hydrogen-bond acceptors (Lipinski definition) is 9. The molecule has 9 N–H and O–H groups in total. The maximum atomic E-state index is 9.51. The van der Waals surface area contributed by atoms with E-state index in [0.29, 0.717) is 0 Å². The van der Waals surface area contributed by atoms with Gasteiger partial charge >= 0.3 is 20.8 Å². The zero-order chi connectivity index (χ0) is 14.7. The number of aliphatic hydroxyl groups excluding tert-OH is 1. The largest absolute Gasteiger partial charge is 0.425 e. The molecule has 0 rings (SSSR count). The van der Waals surface area contributed by atoms with Gasteiger partial charge in [0.25, 0.3) is 0 Å². The summed E-state index contributed by atoms with van der Waals surface area (Å²) in [7, 11) is -10.0. The quantitative estimate of drug-likeness (QED) is 0.196. The van der Waals surface area contributed by atoms with Crippen LogP contribution in [-0.4, -0.2) is 41.9 Å². The lowest BCUT2D eigenvalue weighted by molar-refractivity contribution is -0.105. The summed E-state index contributed by atoms with van der Waals surface area (Å²) in [4.78, 5) is 0. The maximum Gasteiger partial charge on any atom is 0.425 e. The molecule has 0 amide bonds. The first-order valence-electron chi connectivity index (χ1n) is 3.21. The lowest BCUT2D eigenvalue weighted by Crippen LogP contribution is -2.10. The normalized spacial score (nSPS) is 9.89. The van der Waals surface area contributed by atoms with E-state index in [0.717, 1.165) is 0 Å². The van der Waals surface area contributed by atoms with Crippen molar-refractivity contribution in [3.05, 3.63) is 0 Å². The zero-order valence-electron chi connectivity index (χ0n) is 9.44. The molecule has 0 aromatic rings. The minimum Gasteiger partial charge on any atom is -0.397 e. The van der Waals surface area contributed by atoms with Crippen LogP contribution in [0.4, 0.5) is 0 Å². The first-order valence-corrected chi connectivity index (χ1v) is 7.25. The highest BCUT2D eigenvalue weighted by Crippen LogP contribution is 2.03. The van der Waals surface area contributed by atoms with E-state index in [2.05, 4.69) is 8.67 Å². The van der Waals surface area contributed by atoms with Gasteiger partial charge < -0.3 is 17.4 Å². The highest BCUT2D eigenvalue weighted by molar-refractivity contribution is 7.83. The van der Waals surface area contributed by atoms with Gasteiger partial charge in [-0.15, -0.1) is 0 Å². The van der Waals surface area contributed by atoms with Gasteiger partial charge in [-0.1, -0.05) is 43.5 Å². The summed E-state index contributed by atoms with van der Waals surface area (Å²) in [6, 6.07) is 0. The molecular formula is C3H15Cl3N2O9S2. The van der Waals surface area contributed by atoms with Gasteiger partial charge in [0, 0.05) is 6.61 Å². The third-order valence-electron chi connectivity index (χ3n) is 0.200. The van der Waals surface area contributed by atoms with Crippen LogP contribution >= 0.6 is 34.8 Å². The second-order valence-corrected chi connectivity index (χ2v) is 5.52. The van der Waals surface area contributed by atoms with Crippen LogP contribution < -0.4 is 12.3 Å². The minimum atomic E-state index is -5.02. The summed E-state index contributed by atoms with van der Waals surface area (Å²) in [5.74, 6) is 0. The highest BCUT2D eigenvalue weighted by Gasteiger charge is 2.13. The van der Waals surface area contributed by atoms with Crippen LogP contribution in [0.2, 0.25) is 0 Å². The Morgan fingerprint density at radius 3 is 1.11 bits per heavy atom. The molecule has 0 aliphatic carbocycles. The summed E-state index contributed by atoms with van der Waals surface area (Å²) < 4.78 is 58.1. The Bertz CT molecular complexity index is 322. The Balaban J connectivity index is -0.0000000618. The predicted molar refractivity (Wildman–Crippen MR) is 69.4 cm³/mol. The van der Waals surface area contributed by atoms with Crippen molar-refractivity contribution < 1.29 is 39.7 Å². The molecule has 0 aromatic heterocycles. The number of rotatable bonds is 3.